The van der Waals surface area contributed by atoms with Crippen molar-refractivity contribution in [1.82, 2.24) is 5.32 Å². The zero-order valence-electron chi connectivity index (χ0n) is 10.8. The van der Waals surface area contributed by atoms with E-state index in [9.17, 15) is 4.79 Å². The third kappa shape index (κ3) is 2.39. The largest absolute Gasteiger partial charge is 0.468 e. The first-order chi connectivity index (χ1) is 8.74. The van der Waals surface area contributed by atoms with E-state index < -0.39 is 5.54 Å². The summed E-state index contributed by atoms with van der Waals surface area (Å²) in [7, 11) is 1.46. The number of hydrogen-bond donors (Lipinski definition) is 1. The summed E-state index contributed by atoms with van der Waals surface area (Å²) in [6.07, 6.45) is 4.61. The van der Waals surface area contributed by atoms with Crippen LogP contribution in [0, 0.1) is 5.92 Å². The number of rotatable bonds is 7. The van der Waals surface area contributed by atoms with Gasteiger partial charge in [0.1, 0.15) is 11.6 Å². The van der Waals surface area contributed by atoms with E-state index in [1.165, 1.54) is 7.11 Å². The van der Waals surface area contributed by atoms with E-state index in [0.29, 0.717) is 31.8 Å². The Balaban J connectivity index is 1.67. The van der Waals surface area contributed by atoms with Crippen LogP contribution in [0.4, 0.5) is 0 Å². The summed E-state index contributed by atoms with van der Waals surface area (Å²) in [5.41, 5.74) is -0.620. The van der Waals surface area contributed by atoms with Gasteiger partial charge in [0, 0.05) is 6.04 Å². The Morgan fingerprint density at radius 1 is 1.33 bits per heavy atom. The minimum atomic E-state index is -0.620. The second-order valence-electron chi connectivity index (χ2n) is 5.63. The van der Waals surface area contributed by atoms with Crippen molar-refractivity contribution in [3.8, 4) is 0 Å². The molecule has 0 amide bonds. The van der Waals surface area contributed by atoms with Gasteiger partial charge in [-0.3, -0.25) is 5.32 Å². The van der Waals surface area contributed by atoms with Crippen molar-refractivity contribution in [3.05, 3.63) is 0 Å². The van der Waals surface area contributed by atoms with Gasteiger partial charge in [-0.1, -0.05) is 0 Å². The van der Waals surface area contributed by atoms with Gasteiger partial charge in [-0.05, 0) is 31.6 Å². The minimum Gasteiger partial charge on any atom is -0.468 e. The summed E-state index contributed by atoms with van der Waals surface area (Å²) in [5.74, 6) is 0.198. The third-order valence-electron chi connectivity index (χ3n) is 4.02. The zero-order chi connectivity index (χ0) is 12.6. The smallest absolute Gasteiger partial charge is 0.328 e. The Morgan fingerprint density at radius 2 is 2.06 bits per heavy atom. The lowest BCUT2D eigenvalue weighted by atomic mass is 9.93. The maximum Gasteiger partial charge on any atom is 0.328 e. The first-order valence-corrected chi connectivity index (χ1v) is 6.80. The fourth-order valence-corrected chi connectivity index (χ4v) is 2.47. The van der Waals surface area contributed by atoms with Crippen LogP contribution in [0.3, 0.4) is 0 Å². The summed E-state index contributed by atoms with van der Waals surface area (Å²) in [6, 6.07) is 0.464. The monoisotopic (exact) mass is 255 g/mol. The molecular formula is C13H21NO4. The van der Waals surface area contributed by atoms with Crippen molar-refractivity contribution >= 4 is 5.97 Å². The van der Waals surface area contributed by atoms with Gasteiger partial charge in [0.2, 0.25) is 0 Å². The quantitative estimate of drug-likeness (QED) is 0.670. The molecule has 0 spiro atoms. The molecule has 3 fully saturated rings. The predicted molar refractivity (Wildman–Crippen MR) is 64.2 cm³/mol. The van der Waals surface area contributed by atoms with Crippen LogP contribution in [0.25, 0.3) is 0 Å². The van der Waals surface area contributed by atoms with E-state index in [-0.39, 0.29) is 12.1 Å². The Labute approximate surface area is 107 Å². The molecule has 0 bridgehead atoms. The minimum absolute atomic E-state index is 0.147. The average Bonchev–Trinajstić information content (AvgIpc) is 3.14. The number of hydrogen-bond acceptors (Lipinski definition) is 5. The molecule has 0 aromatic heterocycles. The molecule has 1 N–H and O–H groups in total. The van der Waals surface area contributed by atoms with Crippen LogP contribution in [0.5, 0.6) is 0 Å². The van der Waals surface area contributed by atoms with Crippen molar-refractivity contribution in [2.75, 3.05) is 26.9 Å². The molecule has 2 saturated carbocycles. The van der Waals surface area contributed by atoms with E-state index >= 15 is 0 Å². The van der Waals surface area contributed by atoms with E-state index in [1.807, 2.05) is 0 Å². The van der Waals surface area contributed by atoms with Crippen molar-refractivity contribution in [1.29, 1.82) is 0 Å². The molecule has 0 aromatic rings. The summed E-state index contributed by atoms with van der Waals surface area (Å²) < 4.78 is 15.9. The van der Waals surface area contributed by atoms with Crippen LogP contribution >= 0.6 is 0 Å². The fourth-order valence-electron chi connectivity index (χ4n) is 2.47. The lowest BCUT2D eigenvalue weighted by molar-refractivity contribution is -0.166. The van der Waals surface area contributed by atoms with E-state index in [2.05, 4.69) is 5.32 Å². The van der Waals surface area contributed by atoms with Gasteiger partial charge in [-0.25, -0.2) is 4.79 Å². The highest BCUT2D eigenvalue weighted by atomic mass is 16.6. The summed E-state index contributed by atoms with van der Waals surface area (Å²) in [4.78, 5) is 12.2. The summed E-state index contributed by atoms with van der Waals surface area (Å²) >= 11 is 0. The van der Waals surface area contributed by atoms with Crippen LogP contribution in [-0.2, 0) is 19.0 Å². The lowest BCUT2D eigenvalue weighted by Crippen LogP contribution is -2.60. The molecule has 1 heterocycles. The number of carbonyl (C=O) groups is 1. The molecule has 0 aromatic carbocycles. The van der Waals surface area contributed by atoms with Crippen LogP contribution in [-0.4, -0.2) is 50.6 Å². The van der Waals surface area contributed by atoms with Gasteiger partial charge >= 0.3 is 5.97 Å². The molecular weight excluding hydrogens is 234 g/mol. The SMILES string of the molecule is COC(=O)C(COC1COC1)(NC1CC1)C1CC1. The second-order valence-corrected chi connectivity index (χ2v) is 5.63. The molecule has 1 atom stereocenters. The maximum absolute atomic E-state index is 12.2. The number of esters is 1. The molecule has 2 aliphatic carbocycles. The Bertz CT molecular complexity index is 323. The van der Waals surface area contributed by atoms with Crippen LogP contribution in [0.15, 0.2) is 0 Å². The highest BCUT2D eigenvalue weighted by Crippen LogP contribution is 2.42. The fraction of sp³-hybridized carbons (Fsp3) is 0.923. The molecule has 5 nitrogen and oxygen atoms in total. The second kappa shape index (κ2) is 4.79. The number of carbonyl (C=O) groups excluding carboxylic acids is 1. The lowest BCUT2D eigenvalue weighted by Gasteiger charge is -2.35. The Hall–Kier alpha value is -0.650. The molecule has 1 unspecified atom stereocenters. The zero-order valence-corrected chi connectivity index (χ0v) is 10.8. The Kier molecular flexibility index (Phi) is 3.30. The van der Waals surface area contributed by atoms with Crippen molar-refractivity contribution in [3.63, 3.8) is 0 Å². The highest BCUT2D eigenvalue weighted by molar-refractivity contribution is 5.82. The molecule has 1 aliphatic heterocycles. The van der Waals surface area contributed by atoms with Gasteiger partial charge in [0.25, 0.3) is 0 Å². The number of nitrogens with one attached hydrogen (secondary N) is 1. The van der Waals surface area contributed by atoms with Gasteiger partial charge in [-0.2, -0.15) is 0 Å². The predicted octanol–water partition coefficient (Wildman–Crippen LogP) is 0.476. The third-order valence-corrected chi connectivity index (χ3v) is 4.02. The van der Waals surface area contributed by atoms with Crippen LogP contribution in [0.1, 0.15) is 25.7 Å². The molecule has 0 radical (unpaired) electrons. The van der Waals surface area contributed by atoms with Gasteiger partial charge in [0.05, 0.1) is 26.9 Å². The van der Waals surface area contributed by atoms with Crippen LogP contribution < -0.4 is 5.32 Å². The Morgan fingerprint density at radius 3 is 2.50 bits per heavy atom. The molecule has 5 heteroatoms. The topological polar surface area (TPSA) is 56.8 Å². The first kappa shape index (κ1) is 12.4. The molecule has 1 saturated heterocycles. The first-order valence-electron chi connectivity index (χ1n) is 6.80. The van der Waals surface area contributed by atoms with Crippen molar-refractivity contribution in [2.45, 2.75) is 43.4 Å². The molecule has 102 valence electrons. The van der Waals surface area contributed by atoms with E-state index in [1.54, 1.807) is 0 Å². The number of ether oxygens (including phenoxy) is 3. The van der Waals surface area contributed by atoms with Gasteiger partial charge in [-0.15, -0.1) is 0 Å². The average molecular weight is 255 g/mol. The van der Waals surface area contributed by atoms with Crippen molar-refractivity contribution < 1.29 is 19.0 Å². The normalized spacial score (nSPS) is 27.4. The van der Waals surface area contributed by atoms with Gasteiger partial charge < -0.3 is 14.2 Å². The maximum atomic E-state index is 12.2. The standard InChI is InChI=1S/C13H21NO4/c1-16-12(15)13(9-2-3-9,14-10-4-5-10)8-18-11-6-17-7-11/h9-11,14H,2-8H2,1H3. The van der Waals surface area contributed by atoms with Crippen LogP contribution in [0.2, 0.25) is 0 Å². The molecule has 18 heavy (non-hydrogen) atoms. The number of methoxy groups -OCH3 is 1. The highest BCUT2D eigenvalue weighted by Gasteiger charge is 2.54. The van der Waals surface area contributed by atoms with E-state index in [4.69, 9.17) is 14.2 Å². The van der Waals surface area contributed by atoms with Crippen molar-refractivity contribution in [2.24, 2.45) is 5.92 Å². The molecule has 3 rings (SSSR count). The van der Waals surface area contributed by atoms with Gasteiger partial charge in [0.15, 0.2) is 0 Å². The molecule has 3 aliphatic rings. The summed E-state index contributed by atoms with van der Waals surface area (Å²) in [6.45, 7) is 1.70. The van der Waals surface area contributed by atoms with E-state index in [0.717, 1.165) is 25.7 Å². The summed E-state index contributed by atoms with van der Waals surface area (Å²) in [5, 5.41) is 3.48.